The summed E-state index contributed by atoms with van der Waals surface area (Å²) in [5.74, 6) is 0.389. The monoisotopic (exact) mass is 410 g/mol. The van der Waals surface area contributed by atoms with Gasteiger partial charge in [0.05, 0.1) is 18.4 Å². The Balaban J connectivity index is 2.05. The number of anilines is 1. The SMILES string of the molecule is COC(=O)C1=CC(c2cc(Oc3ccc(N)cc3)ccn2)=C[N+]1(C(=O)O)C(C)(C)C. The molecule has 0 radical (unpaired) electrons. The highest BCUT2D eigenvalue weighted by molar-refractivity contribution is 5.94. The number of carboxylic acid groups (broad SMARTS) is 1. The smallest absolute Gasteiger partial charge is 0.462 e. The van der Waals surface area contributed by atoms with Gasteiger partial charge >= 0.3 is 12.1 Å². The number of carbonyl (C=O) groups is 2. The second-order valence-corrected chi connectivity index (χ2v) is 7.83. The average molecular weight is 410 g/mol. The van der Waals surface area contributed by atoms with Gasteiger partial charge in [0.1, 0.15) is 23.2 Å². The zero-order valence-corrected chi connectivity index (χ0v) is 17.2. The number of hydrogen-bond donors (Lipinski definition) is 2. The lowest BCUT2D eigenvalue weighted by Crippen LogP contribution is -2.59. The molecular weight excluding hydrogens is 386 g/mol. The Bertz CT molecular complexity index is 1050. The summed E-state index contributed by atoms with van der Waals surface area (Å²) in [5.41, 5.74) is 6.41. The van der Waals surface area contributed by atoms with Crippen LogP contribution >= 0.6 is 0 Å². The van der Waals surface area contributed by atoms with Crippen LogP contribution in [0.2, 0.25) is 0 Å². The van der Waals surface area contributed by atoms with Gasteiger partial charge in [-0.1, -0.05) is 0 Å². The van der Waals surface area contributed by atoms with Crippen molar-refractivity contribution < 1.29 is 28.7 Å². The number of esters is 1. The Morgan fingerprint density at radius 1 is 1.10 bits per heavy atom. The summed E-state index contributed by atoms with van der Waals surface area (Å²) in [4.78, 5) is 29.1. The molecule has 8 nitrogen and oxygen atoms in total. The third-order valence-electron chi connectivity index (χ3n) is 4.90. The van der Waals surface area contributed by atoms with Crippen LogP contribution in [0.1, 0.15) is 26.5 Å². The van der Waals surface area contributed by atoms with Crippen molar-refractivity contribution in [3.8, 4) is 11.5 Å². The first-order valence-corrected chi connectivity index (χ1v) is 9.24. The minimum absolute atomic E-state index is 0.000781. The molecule has 0 saturated heterocycles. The molecule has 30 heavy (non-hydrogen) atoms. The average Bonchev–Trinajstić information content (AvgIpc) is 3.12. The van der Waals surface area contributed by atoms with Gasteiger partial charge < -0.3 is 20.3 Å². The summed E-state index contributed by atoms with van der Waals surface area (Å²) >= 11 is 0. The van der Waals surface area contributed by atoms with Crippen molar-refractivity contribution in [2.45, 2.75) is 26.3 Å². The second kappa shape index (κ2) is 7.64. The number of benzene rings is 1. The molecule has 156 valence electrons. The van der Waals surface area contributed by atoms with E-state index in [-0.39, 0.29) is 5.70 Å². The van der Waals surface area contributed by atoms with Gasteiger partial charge in [0, 0.05) is 24.0 Å². The van der Waals surface area contributed by atoms with Crippen LogP contribution in [-0.2, 0) is 9.53 Å². The number of aromatic nitrogens is 1. The maximum atomic E-state index is 12.4. The van der Waals surface area contributed by atoms with E-state index in [1.807, 2.05) is 0 Å². The van der Waals surface area contributed by atoms with Gasteiger partial charge in [-0.3, -0.25) is 4.98 Å². The molecule has 0 spiro atoms. The van der Waals surface area contributed by atoms with E-state index in [1.54, 1.807) is 63.4 Å². The maximum absolute atomic E-state index is 12.4. The van der Waals surface area contributed by atoms with Crippen LogP contribution in [0.25, 0.3) is 5.57 Å². The number of nitrogens with two attached hydrogens (primary N) is 1. The lowest BCUT2D eigenvalue weighted by atomic mass is 10.0. The van der Waals surface area contributed by atoms with Crippen molar-refractivity contribution in [1.29, 1.82) is 0 Å². The van der Waals surface area contributed by atoms with Crippen molar-refractivity contribution in [3.63, 3.8) is 0 Å². The van der Waals surface area contributed by atoms with Crippen LogP contribution in [0.4, 0.5) is 10.5 Å². The zero-order valence-electron chi connectivity index (χ0n) is 17.2. The minimum Gasteiger partial charge on any atom is -0.462 e. The molecule has 2 aromatic rings. The van der Waals surface area contributed by atoms with Crippen LogP contribution in [-0.4, -0.2) is 39.3 Å². The minimum atomic E-state index is -1.19. The van der Waals surface area contributed by atoms with Gasteiger partial charge in [-0.15, -0.1) is 0 Å². The van der Waals surface area contributed by atoms with Gasteiger partial charge in [-0.25, -0.2) is 4.79 Å². The molecule has 2 heterocycles. The number of nitrogen functional groups attached to an aromatic ring is 1. The van der Waals surface area contributed by atoms with Crippen LogP contribution in [0.15, 0.2) is 60.6 Å². The number of amides is 1. The zero-order chi connectivity index (χ0) is 22.1. The fourth-order valence-electron chi connectivity index (χ4n) is 3.32. The first kappa shape index (κ1) is 21.1. The summed E-state index contributed by atoms with van der Waals surface area (Å²) in [7, 11) is 1.22. The van der Waals surface area contributed by atoms with Crippen LogP contribution in [0.5, 0.6) is 11.5 Å². The van der Waals surface area contributed by atoms with Crippen molar-refractivity contribution in [2.24, 2.45) is 0 Å². The first-order valence-electron chi connectivity index (χ1n) is 9.24. The topological polar surface area (TPSA) is 112 Å². The lowest BCUT2D eigenvalue weighted by molar-refractivity contribution is -0.811. The van der Waals surface area contributed by atoms with Crippen LogP contribution in [0, 0.1) is 0 Å². The fraction of sp³-hybridized carbons (Fsp3) is 0.227. The van der Waals surface area contributed by atoms with E-state index in [2.05, 4.69) is 4.98 Å². The molecule has 1 aromatic heterocycles. The number of pyridine rings is 1. The van der Waals surface area contributed by atoms with E-state index < -0.39 is 22.1 Å². The predicted molar refractivity (Wildman–Crippen MR) is 111 cm³/mol. The van der Waals surface area contributed by atoms with Gasteiger partial charge in [0.25, 0.3) is 0 Å². The Morgan fingerprint density at radius 3 is 2.33 bits per heavy atom. The highest BCUT2D eigenvalue weighted by Gasteiger charge is 2.56. The van der Waals surface area contributed by atoms with E-state index in [0.29, 0.717) is 28.5 Å². The summed E-state index contributed by atoms with van der Waals surface area (Å²) in [5, 5.41) is 10.1. The van der Waals surface area contributed by atoms with E-state index >= 15 is 0 Å². The Hall–Kier alpha value is -3.65. The molecule has 1 atom stereocenters. The molecule has 1 unspecified atom stereocenters. The molecule has 1 aliphatic heterocycles. The van der Waals surface area contributed by atoms with E-state index in [9.17, 15) is 14.7 Å². The Kier molecular flexibility index (Phi) is 5.37. The van der Waals surface area contributed by atoms with Gasteiger partial charge in [0.2, 0.25) is 5.70 Å². The summed E-state index contributed by atoms with van der Waals surface area (Å²) in [6.07, 6.45) is 3.37. The molecule has 1 aromatic carbocycles. The van der Waals surface area contributed by atoms with Gasteiger partial charge in [-0.05, 0) is 51.1 Å². The van der Waals surface area contributed by atoms with Gasteiger partial charge in [0.15, 0.2) is 0 Å². The van der Waals surface area contributed by atoms with Crippen LogP contribution in [0.3, 0.4) is 0 Å². The quantitative estimate of drug-likeness (QED) is 0.442. The highest BCUT2D eigenvalue weighted by Crippen LogP contribution is 2.41. The number of ether oxygens (including phenoxy) is 2. The molecule has 0 saturated carbocycles. The predicted octanol–water partition coefficient (Wildman–Crippen LogP) is 4.16. The second-order valence-electron chi connectivity index (χ2n) is 7.83. The number of rotatable bonds is 4. The molecule has 1 amide bonds. The maximum Gasteiger partial charge on any atom is 0.524 e. The summed E-state index contributed by atoms with van der Waals surface area (Å²) < 4.78 is 9.99. The molecular formula is C22H24N3O5+. The normalized spacial score (nSPS) is 18.4. The molecule has 8 heteroatoms. The Labute approximate surface area is 174 Å². The number of methoxy groups -OCH3 is 1. The number of hydrogen-bond acceptors (Lipinski definition) is 6. The fourth-order valence-corrected chi connectivity index (χ4v) is 3.32. The molecule has 1 aliphatic rings. The summed E-state index contributed by atoms with van der Waals surface area (Å²) in [6.45, 7) is 5.22. The van der Waals surface area contributed by atoms with Gasteiger partial charge in [-0.2, -0.15) is 9.28 Å². The lowest BCUT2D eigenvalue weighted by Gasteiger charge is -2.38. The Morgan fingerprint density at radius 2 is 1.77 bits per heavy atom. The van der Waals surface area contributed by atoms with Crippen molar-refractivity contribution in [1.82, 2.24) is 4.98 Å². The van der Waals surface area contributed by atoms with E-state index in [0.717, 1.165) is 0 Å². The van der Waals surface area contributed by atoms with E-state index in [4.69, 9.17) is 15.2 Å². The van der Waals surface area contributed by atoms with Crippen LogP contribution < -0.4 is 10.5 Å². The molecule has 0 bridgehead atoms. The molecule has 3 rings (SSSR count). The largest absolute Gasteiger partial charge is 0.524 e. The van der Waals surface area contributed by atoms with E-state index in [1.165, 1.54) is 19.4 Å². The molecule has 0 fully saturated rings. The summed E-state index contributed by atoms with van der Waals surface area (Å²) in [6, 6.07) is 10.3. The number of nitrogens with zero attached hydrogens (tertiary/aromatic N) is 2. The number of quaternary nitrogens is 1. The molecule has 0 aliphatic carbocycles. The molecule has 3 N–H and O–H groups in total. The highest BCUT2D eigenvalue weighted by atomic mass is 16.5. The third kappa shape index (κ3) is 3.65. The first-order chi connectivity index (χ1) is 14.1. The van der Waals surface area contributed by atoms with Crippen molar-refractivity contribution in [2.75, 3.05) is 12.8 Å². The third-order valence-corrected chi connectivity index (χ3v) is 4.90. The number of carbonyl (C=O) groups excluding carboxylic acids is 1. The van der Waals surface area contributed by atoms with Crippen molar-refractivity contribution >= 4 is 23.3 Å². The standard InChI is InChI=1S/C22H23N3O5/c1-22(2,3)25(21(27)28)13-14(11-19(25)20(26)29-4)18-12-17(9-10-24-18)30-16-7-5-15(23)6-8-16/h5-13H,23H2,1-4H3/p+1. The van der Waals surface area contributed by atoms with Crippen molar-refractivity contribution in [3.05, 3.63) is 66.3 Å². The number of allylic oxidation sites excluding steroid dienone is 2.